The van der Waals surface area contributed by atoms with Crippen LogP contribution in [0.1, 0.15) is 5.82 Å². The number of para-hydroxylation sites is 1. The predicted molar refractivity (Wildman–Crippen MR) is 56.6 cm³/mol. The molecule has 2 aromatic rings. The van der Waals surface area contributed by atoms with Crippen LogP contribution in [0.25, 0.3) is 11.5 Å². The average molecular weight is 254 g/mol. The normalized spacial score (nSPS) is 10.4. The van der Waals surface area contributed by atoms with Crippen LogP contribution in [0, 0.1) is 6.92 Å². The Kier molecular flexibility index (Phi) is 2.25. The van der Waals surface area contributed by atoms with Crippen molar-refractivity contribution in [2.24, 2.45) is 0 Å². The van der Waals surface area contributed by atoms with Gasteiger partial charge in [0.25, 0.3) is 5.89 Å². The number of benzene rings is 1. The summed E-state index contributed by atoms with van der Waals surface area (Å²) in [7, 11) is 0. The minimum Gasteiger partial charge on any atom is -0.397 e. The van der Waals surface area contributed by atoms with Gasteiger partial charge in [0.05, 0.1) is 11.3 Å². The molecule has 1 aromatic carbocycles. The molecular formula is C9H8BrN3O. The van der Waals surface area contributed by atoms with E-state index in [9.17, 15) is 0 Å². The van der Waals surface area contributed by atoms with Gasteiger partial charge in [-0.2, -0.15) is 4.98 Å². The summed E-state index contributed by atoms with van der Waals surface area (Å²) in [4.78, 5) is 4.10. The Morgan fingerprint density at radius 2 is 2.21 bits per heavy atom. The van der Waals surface area contributed by atoms with Gasteiger partial charge in [-0.05, 0) is 35.0 Å². The third-order valence-electron chi connectivity index (χ3n) is 1.81. The maximum Gasteiger partial charge on any atom is 0.260 e. The van der Waals surface area contributed by atoms with Crippen LogP contribution in [0.5, 0.6) is 0 Å². The summed E-state index contributed by atoms with van der Waals surface area (Å²) in [6.07, 6.45) is 0. The highest BCUT2D eigenvalue weighted by Gasteiger charge is 2.10. The molecular weight excluding hydrogens is 246 g/mol. The van der Waals surface area contributed by atoms with Crippen LogP contribution in [0.3, 0.4) is 0 Å². The second-order valence-electron chi connectivity index (χ2n) is 2.85. The van der Waals surface area contributed by atoms with Gasteiger partial charge in [-0.25, -0.2) is 0 Å². The first kappa shape index (κ1) is 9.21. The van der Waals surface area contributed by atoms with E-state index in [4.69, 9.17) is 10.3 Å². The first-order valence-electron chi connectivity index (χ1n) is 4.03. The Morgan fingerprint density at radius 1 is 1.43 bits per heavy atom. The summed E-state index contributed by atoms with van der Waals surface area (Å²) in [6, 6.07) is 5.57. The molecule has 0 radical (unpaired) electrons. The number of hydrogen-bond donors (Lipinski definition) is 1. The Balaban J connectivity index is 2.57. The second kappa shape index (κ2) is 3.42. The van der Waals surface area contributed by atoms with Gasteiger partial charge < -0.3 is 10.3 Å². The first-order valence-corrected chi connectivity index (χ1v) is 4.82. The van der Waals surface area contributed by atoms with Crippen molar-refractivity contribution in [3.05, 3.63) is 28.5 Å². The summed E-state index contributed by atoms with van der Waals surface area (Å²) in [6.45, 7) is 1.77. The largest absolute Gasteiger partial charge is 0.397 e. The van der Waals surface area contributed by atoms with Gasteiger partial charge in [-0.1, -0.05) is 11.2 Å². The van der Waals surface area contributed by atoms with Crippen molar-refractivity contribution in [3.63, 3.8) is 0 Å². The summed E-state index contributed by atoms with van der Waals surface area (Å²) < 4.78 is 5.85. The van der Waals surface area contributed by atoms with E-state index in [0.29, 0.717) is 17.4 Å². The molecule has 0 atom stereocenters. The predicted octanol–water partition coefficient (Wildman–Crippen LogP) is 2.39. The molecule has 4 nitrogen and oxygen atoms in total. The third-order valence-corrected chi connectivity index (χ3v) is 2.50. The molecule has 72 valence electrons. The Morgan fingerprint density at radius 3 is 2.86 bits per heavy atom. The number of hydrogen-bond acceptors (Lipinski definition) is 4. The summed E-state index contributed by atoms with van der Waals surface area (Å²) in [5.74, 6) is 1.04. The molecule has 1 heterocycles. The van der Waals surface area contributed by atoms with E-state index in [1.807, 2.05) is 18.2 Å². The van der Waals surface area contributed by atoms with Crippen molar-refractivity contribution < 1.29 is 4.52 Å². The molecule has 2 N–H and O–H groups in total. The number of anilines is 1. The number of aromatic nitrogens is 2. The van der Waals surface area contributed by atoms with Crippen LogP contribution in [-0.4, -0.2) is 10.1 Å². The Bertz CT molecular complexity index is 467. The molecule has 0 spiro atoms. The highest BCUT2D eigenvalue weighted by Crippen LogP contribution is 2.30. The summed E-state index contributed by atoms with van der Waals surface area (Å²) in [5.41, 5.74) is 7.21. The van der Waals surface area contributed by atoms with Crippen molar-refractivity contribution in [3.8, 4) is 11.5 Å². The molecule has 0 saturated heterocycles. The van der Waals surface area contributed by atoms with Crippen molar-refractivity contribution >= 4 is 21.6 Å². The zero-order valence-electron chi connectivity index (χ0n) is 7.49. The molecule has 0 fully saturated rings. The molecule has 2 rings (SSSR count). The van der Waals surface area contributed by atoms with E-state index in [1.54, 1.807) is 6.92 Å². The minimum absolute atomic E-state index is 0.446. The summed E-state index contributed by atoms with van der Waals surface area (Å²) >= 11 is 3.34. The maximum absolute atomic E-state index is 5.85. The lowest BCUT2D eigenvalue weighted by Gasteiger charge is -2.01. The number of rotatable bonds is 1. The number of halogens is 1. The monoisotopic (exact) mass is 253 g/mol. The Labute approximate surface area is 89.2 Å². The molecule has 5 heteroatoms. The van der Waals surface area contributed by atoms with Crippen LogP contribution in [0.15, 0.2) is 27.2 Å². The van der Waals surface area contributed by atoms with Crippen LogP contribution in [-0.2, 0) is 0 Å². The van der Waals surface area contributed by atoms with E-state index in [1.165, 1.54) is 0 Å². The molecule has 0 bridgehead atoms. The molecule has 0 aliphatic rings. The van der Waals surface area contributed by atoms with E-state index >= 15 is 0 Å². The molecule has 0 aliphatic carbocycles. The van der Waals surface area contributed by atoms with Crippen molar-refractivity contribution in [1.82, 2.24) is 10.1 Å². The van der Waals surface area contributed by atoms with Gasteiger partial charge in [0, 0.05) is 4.47 Å². The average Bonchev–Trinajstić information content (AvgIpc) is 2.57. The van der Waals surface area contributed by atoms with Gasteiger partial charge in [0.1, 0.15) is 0 Å². The molecule has 0 saturated carbocycles. The highest BCUT2D eigenvalue weighted by atomic mass is 79.9. The molecule has 14 heavy (non-hydrogen) atoms. The lowest BCUT2D eigenvalue weighted by Crippen LogP contribution is -1.91. The summed E-state index contributed by atoms with van der Waals surface area (Å²) in [5, 5.41) is 3.71. The third kappa shape index (κ3) is 1.50. The van der Waals surface area contributed by atoms with Crippen LogP contribution >= 0.6 is 15.9 Å². The van der Waals surface area contributed by atoms with Gasteiger partial charge in [-0.15, -0.1) is 0 Å². The van der Waals surface area contributed by atoms with Crippen LogP contribution in [0.4, 0.5) is 5.69 Å². The molecule has 1 aromatic heterocycles. The van der Waals surface area contributed by atoms with Crippen molar-refractivity contribution in [1.29, 1.82) is 0 Å². The molecule has 0 unspecified atom stereocenters. The Hall–Kier alpha value is -1.36. The van der Waals surface area contributed by atoms with Gasteiger partial charge in [0.2, 0.25) is 0 Å². The lowest BCUT2D eigenvalue weighted by atomic mass is 10.2. The van der Waals surface area contributed by atoms with Crippen molar-refractivity contribution in [2.75, 3.05) is 5.73 Å². The van der Waals surface area contributed by atoms with Gasteiger partial charge >= 0.3 is 0 Å². The second-order valence-corrected chi connectivity index (χ2v) is 3.70. The minimum atomic E-state index is 0.446. The molecule has 0 amide bonds. The van der Waals surface area contributed by atoms with E-state index in [-0.39, 0.29) is 0 Å². The highest BCUT2D eigenvalue weighted by molar-refractivity contribution is 9.10. The van der Waals surface area contributed by atoms with Gasteiger partial charge in [-0.3, -0.25) is 0 Å². The fraction of sp³-hybridized carbons (Fsp3) is 0.111. The smallest absolute Gasteiger partial charge is 0.260 e. The SMILES string of the molecule is Cc1noc(-c2cccc(Br)c2N)n1. The van der Waals surface area contributed by atoms with E-state index in [2.05, 4.69) is 26.1 Å². The number of nitrogens with two attached hydrogens (primary N) is 1. The lowest BCUT2D eigenvalue weighted by molar-refractivity contribution is 0.426. The fourth-order valence-corrected chi connectivity index (χ4v) is 1.50. The topological polar surface area (TPSA) is 64.9 Å². The van der Waals surface area contributed by atoms with Crippen molar-refractivity contribution in [2.45, 2.75) is 6.92 Å². The maximum atomic E-state index is 5.85. The van der Waals surface area contributed by atoms with E-state index in [0.717, 1.165) is 10.0 Å². The zero-order valence-corrected chi connectivity index (χ0v) is 9.08. The van der Waals surface area contributed by atoms with Crippen LogP contribution in [0.2, 0.25) is 0 Å². The first-order chi connectivity index (χ1) is 6.68. The number of nitrogens with zero attached hydrogens (tertiary/aromatic N) is 2. The molecule has 0 aliphatic heterocycles. The number of nitrogen functional groups attached to an aromatic ring is 1. The standard InChI is InChI=1S/C9H8BrN3O/c1-5-12-9(14-13-5)6-3-2-4-7(10)8(6)11/h2-4H,11H2,1H3. The van der Waals surface area contributed by atoms with Crippen LogP contribution < -0.4 is 5.73 Å². The quantitative estimate of drug-likeness (QED) is 0.793. The zero-order chi connectivity index (χ0) is 10.1. The van der Waals surface area contributed by atoms with Gasteiger partial charge in [0.15, 0.2) is 5.82 Å². The fourth-order valence-electron chi connectivity index (χ4n) is 1.13. The number of aryl methyl sites for hydroxylation is 1. The van der Waals surface area contributed by atoms with E-state index < -0.39 is 0 Å².